The lowest BCUT2D eigenvalue weighted by atomic mass is 9.93. The molecule has 0 aliphatic carbocycles. The number of ether oxygens (including phenoxy) is 3. The summed E-state index contributed by atoms with van der Waals surface area (Å²) in [5.74, 6) is -3.16. The minimum absolute atomic E-state index is 0.00499. The molecule has 5 N–H and O–H groups in total. The Kier molecular flexibility index (Phi) is 15.6. The Morgan fingerprint density at radius 1 is 0.939 bits per heavy atom. The number of piperazine rings is 1. The van der Waals surface area contributed by atoms with Crippen LogP contribution in [0, 0.1) is 17.6 Å². The van der Waals surface area contributed by atoms with Crippen molar-refractivity contribution in [2.45, 2.75) is 88.8 Å². The summed E-state index contributed by atoms with van der Waals surface area (Å²) in [6.45, 7) is 5.45. The van der Waals surface area contributed by atoms with Crippen LogP contribution in [0.1, 0.15) is 62.4 Å². The predicted octanol–water partition coefficient (Wildman–Crippen LogP) is 8.00. The highest BCUT2D eigenvalue weighted by Gasteiger charge is 2.45. The minimum atomic E-state index is -5.05. The number of pyridine rings is 1. The molecule has 4 aromatic heterocycles. The second-order valence-corrected chi connectivity index (χ2v) is 21.5. The summed E-state index contributed by atoms with van der Waals surface area (Å²) in [6, 6.07) is 14.9. The smallest absolute Gasteiger partial charge is 0.417 e. The van der Waals surface area contributed by atoms with E-state index in [1.807, 2.05) is 4.90 Å². The minimum Gasteiger partial charge on any atom is -0.486 e. The molecule has 82 heavy (non-hydrogen) atoms. The number of benzene rings is 4. The number of carbonyl (C=O) groups excluding carboxylic acids is 2. The largest absolute Gasteiger partial charge is 0.486 e. The van der Waals surface area contributed by atoms with Crippen LogP contribution in [-0.2, 0) is 27.1 Å². The highest BCUT2D eigenvalue weighted by molar-refractivity contribution is 6.35. The number of β-amino-alcohol motifs (C(OH)–C–C–N with tert-alkyl or cyclic N) is 1. The summed E-state index contributed by atoms with van der Waals surface area (Å²) < 4.78 is 97.0. The highest BCUT2D eigenvalue weighted by Crippen LogP contribution is 2.52. The van der Waals surface area contributed by atoms with Crippen LogP contribution in [0.3, 0.4) is 0 Å². The summed E-state index contributed by atoms with van der Waals surface area (Å²) in [7, 11) is 1.51. The van der Waals surface area contributed by atoms with E-state index in [0.717, 1.165) is 18.6 Å². The van der Waals surface area contributed by atoms with E-state index < -0.39 is 82.7 Å². The highest BCUT2D eigenvalue weighted by atomic mass is 35.5. The number of likely N-dealkylation sites (tertiary alicyclic amines) is 1. The van der Waals surface area contributed by atoms with Gasteiger partial charge in [-0.25, -0.2) is 13.5 Å². The molecule has 11 rings (SSSR count). The predicted molar refractivity (Wildman–Crippen MR) is 291 cm³/mol. The number of aromatic nitrogens is 8. The number of H-pyrrole nitrogens is 1. The number of hydrogen-bond acceptors (Lipinski definition) is 15. The number of halogens is 6. The maximum absolute atomic E-state index is 15.8. The lowest BCUT2D eigenvalue weighted by Gasteiger charge is -2.30. The number of alkyl halides is 3. The molecule has 0 unspecified atom stereocenters. The normalized spacial score (nSPS) is 19.1. The van der Waals surface area contributed by atoms with E-state index in [0.29, 0.717) is 41.0 Å². The van der Waals surface area contributed by atoms with Crippen molar-refractivity contribution < 1.29 is 56.0 Å². The van der Waals surface area contributed by atoms with E-state index in [9.17, 15) is 24.2 Å². The SMILES string of the molecule is CO[C@@H](C)COc1nc(N2C[C@@H]3C[C@H]2CN3)c2cc(C(F)(F)F)c(-c3c(Cl)c(F)cc4[nH]ncc34)c(OCc3ccc(-c4cn([C@H](C(=O)N5C[C@H](O)C[C@H]5C(=O)N[C@@H](CO)c5ccc(-c6ncccc6F)cc5)C(C)C)nn4)cc3)c2n1. The van der Waals surface area contributed by atoms with Gasteiger partial charge in [0, 0.05) is 90.5 Å². The molecule has 428 valence electrons. The Morgan fingerprint density at radius 3 is 2.39 bits per heavy atom. The van der Waals surface area contributed by atoms with Crippen LogP contribution in [0.2, 0.25) is 5.02 Å². The van der Waals surface area contributed by atoms with Crippen molar-refractivity contribution >= 4 is 51.0 Å². The first-order chi connectivity index (χ1) is 39.4. The second-order valence-electron chi connectivity index (χ2n) is 21.1. The average molecular weight is 1150 g/mol. The van der Waals surface area contributed by atoms with Gasteiger partial charge in [0.15, 0.2) is 5.75 Å². The van der Waals surface area contributed by atoms with Gasteiger partial charge < -0.3 is 44.9 Å². The molecular formula is C57H56ClF5N12O7. The van der Waals surface area contributed by atoms with E-state index in [1.165, 1.54) is 41.2 Å². The molecule has 4 aromatic carbocycles. The van der Waals surface area contributed by atoms with Crippen LogP contribution in [0.15, 0.2) is 91.4 Å². The summed E-state index contributed by atoms with van der Waals surface area (Å²) in [5.41, 5.74) is 0.517. The summed E-state index contributed by atoms with van der Waals surface area (Å²) in [4.78, 5) is 45.3. The zero-order valence-corrected chi connectivity index (χ0v) is 45.4. The Balaban J connectivity index is 0.878. The van der Waals surface area contributed by atoms with Gasteiger partial charge in [-0.15, -0.1) is 5.10 Å². The molecule has 7 heterocycles. The number of nitrogens with zero attached hydrogens (tertiary/aromatic N) is 9. The number of nitrogens with one attached hydrogen (secondary N) is 3. The van der Waals surface area contributed by atoms with Crippen LogP contribution in [0.4, 0.5) is 27.8 Å². The first-order valence-corrected chi connectivity index (χ1v) is 26.9. The number of anilines is 1. The van der Waals surface area contributed by atoms with Crippen molar-refractivity contribution in [3.8, 4) is 45.4 Å². The Hall–Kier alpha value is -7.90. The molecule has 0 radical (unpaired) electrons. The molecule has 3 aliphatic rings. The third kappa shape index (κ3) is 10.9. The molecule has 19 nitrogen and oxygen atoms in total. The van der Waals surface area contributed by atoms with Gasteiger partial charge in [-0.2, -0.15) is 28.2 Å². The van der Waals surface area contributed by atoms with E-state index in [2.05, 4.69) is 36.1 Å². The summed E-state index contributed by atoms with van der Waals surface area (Å²) in [6.07, 6.45) is -1.49. The van der Waals surface area contributed by atoms with E-state index >= 15 is 17.6 Å². The number of amides is 2. The topological polar surface area (TPSA) is 231 Å². The maximum Gasteiger partial charge on any atom is 0.417 e. The van der Waals surface area contributed by atoms with Crippen molar-refractivity contribution in [3.63, 3.8) is 0 Å². The van der Waals surface area contributed by atoms with Crippen molar-refractivity contribution in [2.75, 3.05) is 44.9 Å². The zero-order chi connectivity index (χ0) is 57.7. The Labute approximate surface area is 470 Å². The van der Waals surface area contributed by atoms with E-state index in [4.69, 9.17) is 35.8 Å². The molecule has 3 aliphatic heterocycles. The van der Waals surface area contributed by atoms with Crippen molar-refractivity contribution in [1.82, 2.24) is 55.7 Å². The fraction of sp³-hybridized carbons (Fsp3) is 0.368. The number of aliphatic hydroxyl groups is 2. The number of fused-ring (bicyclic) bond motifs is 4. The van der Waals surface area contributed by atoms with E-state index in [-0.39, 0.29) is 94.8 Å². The van der Waals surface area contributed by atoms with Crippen LogP contribution in [0.5, 0.6) is 11.8 Å². The van der Waals surface area contributed by atoms with Crippen LogP contribution < -0.4 is 25.0 Å². The molecule has 2 amide bonds. The van der Waals surface area contributed by atoms with E-state index in [1.54, 1.807) is 75.5 Å². The number of aliphatic hydroxyl groups excluding tert-OH is 2. The third-order valence-electron chi connectivity index (χ3n) is 15.3. The van der Waals surface area contributed by atoms with Gasteiger partial charge in [-0.05, 0) is 48.6 Å². The van der Waals surface area contributed by atoms with Gasteiger partial charge in [0.25, 0.3) is 0 Å². The molecule has 25 heteroatoms. The van der Waals surface area contributed by atoms with Crippen molar-refractivity contribution in [2.24, 2.45) is 5.92 Å². The van der Waals surface area contributed by atoms with Gasteiger partial charge in [-0.3, -0.25) is 19.7 Å². The van der Waals surface area contributed by atoms with Crippen LogP contribution >= 0.6 is 11.6 Å². The number of hydrogen-bond donors (Lipinski definition) is 5. The molecular weight excluding hydrogens is 1100 g/mol. The zero-order valence-electron chi connectivity index (χ0n) is 44.7. The Morgan fingerprint density at radius 2 is 1.71 bits per heavy atom. The lowest BCUT2D eigenvalue weighted by molar-refractivity contribution is -0.142. The number of rotatable bonds is 18. The van der Waals surface area contributed by atoms with Crippen molar-refractivity contribution in [1.29, 1.82) is 0 Å². The molecule has 0 spiro atoms. The summed E-state index contributed by atoms with van der Waals surface area (Å²) in [5, 5.41) is 42.3. The van der Waals surface area contributed by atoms with Crippen LogP contribution in [0.25, 0.3) is 55.4 Å². The third-order valence-corrected chi connectivity index (χ3v) is 15.7. The van der Waals surface area contributed by atoms with Gasteiger partial charge in [0.05, 0.1) is 53.4 Å². The fourth-order valence-corrected chi connectivity index (χ4v) is 11.3. The molecule has 2 bridgehead atoms. The standard InChI is InChI=1S/C57H56ClF5N12O7/c1-28(2)51(55(79)74-23-36(77)17-45(74)54(78)67-44(25-76)32-11-13-33(14-12-32)49-40(59)6-5-15-64-49)75-24-43(71-72-75)31-9-7-30(8-10-31)27-81-52-47(46-38-21-66-70-42(38)19-41(60)48(46)58)39(57(61,62)63)18-37-50(52)68-56(82-26-29(3)80-4)69-53(37)73-22-34-16-35(73)20-65-34/h5-15,18-19,21,24,28-29,34-36,44-45,51,65,76-77H,16-17,20,22-23,25-27H2,1-4H3,(H,66,70)(H,67,78)/t29-,34-,35-,36+,44-,45-,51-/m0/s1. The lowest BCUT2D eigenvalue weighted by Crippen LogP contribution is -2.50. The fourth-order valence-electron chi connectivity index (χ4n) is 11.1. The molecule has 3 fully saturated rings. The Bertz CT molecular complexity index is 3680. The molecule has 7 atom stereocenters. The number of aromatic amines is 1. The molecule has 8 aromatic rings. The average Bonchev–Trinajstić information content (AvgIpc) is 4.51. The van der Waals surface area contributed by atoms with Gasteiger partial charge >= 0.3 is 12.2 Å². The first kappa shape index (κ1) is 56.0. The second kappa shape index (κ2) is 22.8. The molecule has 3 saturated heterocycles. The van der Waals surface area contributed by atoms with Crippen LogP contribution in [-0.4, -0.2) is 137 Å². The van der Waals surface area contributed by atoms with Gasteiger partial charge in [-0.1, -0.05) is 79.2 Å². The van der Waals surface area contributed by atoms with Crippen molar-refractivity contribution in [3.05, 3.63) is 125 Å². The van der Waals surface area contributed by atoms with Gasteiger partial charge in [0.2, 0.25) is 11.8 Å². The summed E-state index contributed by atoms with van der Waals surface area (Å²) >= 11 is 6.68. The van der Waals surface area contributed by atoms with Gasteiger partial charge in [0.1, 0.15) is 59.7 Å². The monoisotopic (exact) mass is 1150 g/mol. The quantitative estimate of drug-likeness (QED) is 0.0513. The number of methoxy groups -OCH3 is 1. The first-order valence-electron chi connectivity index (χ1n) is 26.6. The molecule has 0 saturated carbocycles. The number of carbonyl (C=O) groups is 2. The maximum atomic E-state index is 15.8.